The average Bonchev–Trinajstić information content (AvgIpc) is 2.82. The fourth-order valence-corrected chi connectivity index (χ4v) is 2.09. The third kappa shape index (κ3) is 24.9. The van der Waals surface area contributed by atoms with Gasteiger partial charge >= 0.3 is 11.9 Å². The van der Waals surface area contributed by atoms with E-state index in [0.717, 1.165) is 0 Å². The van der Waals surface area contributed by atoms with Crippen molar-refractivity contribution in [3.8, 4) is 0 Å². The summed E-state index contributed by atoms with van der Waals surface area (Å²) in [7, 11) is 0. The predicted molar refractivity (Wildman–Crippen MR) is 115 cm³/mol. The Morgan fingerprint density at radius 1 is 0.500 bits per heavy atom. The molecule has 0 rings (SSSR count). The van der Waals surface area contributed by atoms with Gasteiger partial charge in [0.15, 0.2) is 0 Å². The smallest absolute Gasteiger partial charge is 0.372 e. The fraction of sp³-hybridized carbons (Fsp3) is 0.857. The van der Waals surface area contributed by atoms with Gasteiger partial charge in [-0.05, 0) is 0 Å². The molecule has 0 spiro atoms. The average molecular weight is 501 g/mol. The summed E-state index contributed by atoms with van der Waals surface area (Å²) >= 11 is 0. The van der Waals surface area contributed by atoms with Crippen LogP contribution in [0, 0.1) is 0 Å². The van der Waals surface area contributed by atoms with Crippen LogP contribution in [-0.2, 0) is 52.3 Å². The highest BCUT2D eigenvalue weighted by Gasteiger charge is 2.14. The molecular weight excluding hydrogens is 463 g/mol. The zero-order valence-corrected chi connectivity index (χ0v) is 19.5. The molecule has 0 saturated carbocycles. The first-order valence-corrected chi connectivity index (χ1v) is 11.1. The molecule has 0 atom stereocenters. The summed E-state index contributed by atoms with van der Waals surface area (Å²) in [6.45, 7) is 4.73. The molecule has 0 aliphatic carbocycles. The molecule has 0 unspecified atom stereocenters. The van der Waals surface area contributed by atoms with Crippen molar-refractivity contribution in [1.82, 2.24) is 0 Å². The zero-order chi connectivity index (χ0) is 25.1. The van der Waals surface area contributed by atoms with E-state index in [0.29, 0.717) is 79.3 Å². The van der Waals surface area contributed by atoms with Crippen molar-refractivity contribution in [2.75, 3.05) is 106 Å². The van der Waals surface area contributed by atoms with Gasteiger partial charge in [-0.15, -0.1) is 0 Å². The Balaban J connectivity index is 3.14. The topological polar surface area (TPSA) is 145 Å². The van der Waals surface area contributed by atoms with Crippen LogP contribution in [0.4, 0.5) is 4.39 Å². The fourth-order valence-electron chi connectivity index (χ4n) is 2.09. The van der Waals surface area contributed by atoms with Crippen LogP contribution in [0.5, 0.6) is 0 Å². The highest BCUT2D eigenvalue weighted by Crippen LogP contribution is 1.95. The lowest BCUT2D eigenvalue weighted by molar-refractivity contribution is -0.151. The van der Waals surface area contributed by atoms with E-state index < -0.39 is 24.4 Å². The van der Waals surface area contributed by atoms with E-state index in [1.165, 1.54) is 0 Å². The summed E-state index contributed by atoms with van der Waals surface area (Å²) in [5.41, 5.74) is 0. The molecule has 0 amide bonds. The molecule has 0 fully saturated rings. The van der Waals surface area contributed by atoms with E-state index in [2.05, 4.69) is 0 Å². The third-order valence-electron chi connectivity index (χ3n) is 3.74. The molecule has 0 aliphatic rings. The number of halogens is 1. The highest BCUT2D eigenvalue weighted by atomic mass is 19.1. The predicted octanol–water partition coefficient (Wildman–Crippen LogP) is 0.0492. The van der Waals surface area contributed by atoms with Crippen molar-refractivity contribution in [1.29, 1.82) is 0 Å². The van der Waals surface area contributed by atoms with Gasteiger partial charge in [-0.2, -0.15) is 0 Å². The SMILES string of the molecule is O=C(CCC(=O)C(=O)O)OCCOCCOCCOCCOCCOCCOCCOCCF. The van der Waals surface area contributed by atoms with Gasteiger partial charge < -0.3 is 43.0 Å². The maximum absolute atomic E-state index is 11.8. The van der Waals surface area contributed by atoms with Crippen LogP contribution in [-0.4, -0.2) is 129 Å². The number of hydrogen-bond acceptors (Lipinski definition) is 11. The molecule has 0 aliphatic heterocycles. The number of Topliss-reactive ketones (excluding diaryl/α,β-unsaturated/α-hetero) is 1. The largest absolute Gasteiger partial charge is 0.476 e. The van der Waals surface area contributed by atoms with E-state index in [1.807, 2.05) is 0 Å². The van der Waals surface area contributed by atoms with Crippen molar-refractivity contribution in [2.45, 2.75) is 12.8 Å². The number of carbonyl (C=O) groups is 3. The number of carboxylic acids is 1. The number of ketones is 1. The molecule has 0 aromatic heterocycles. The normalized spacial score (nSPS) is 11.0. The summed E-state index contributed by atoms with van der Waals surface area (Å²) in [5.74, 6) is -3.24. The van der Waals surface area contributed by atoms with E-state index >= 15 is 0 Å². The lowest BCUT2D eigenvalue weighted by Gasteiger charge is -2.08. The summed E-state index contributed by atoms with van der Waals surface area (Å²) < 4.78 is 53.3. The maximum Gasteiger partial charge on any atom is 0.372 e. The molecule has 12 nitrogen and oxygen atoms in total. The van der Waals surface area contributed by atoms with Gasteiger partial charge in [0.1, 0.15) is 13.3 Å². The minimum absolute atomic E-state index is 0.0140. The second-order valence-electron chi connectivity index (χ2n) is 6.42. The molecule has 0 bridgehead atoms. The molecule has 0 aromatic carbocycles. The number of aliphatic carboxylic acids is 1. The minimum Gasteiger partial charge on any atom is -0.476 e. The molecule has 0 saturated heterocycles. The first-order valence-electron chi connectivity index (χ1n) is 11.1. The van der Waals surface area contributed by atoms with E-state index in [1.54, 1.807) is 0 Å². The van der Waals surface area contributed by atoms with Crippen molar-refractivity contribution in [3.63, 3.8) is 0 Å². The van der Waals surface area contributed by atoms with Gasteiger partial charge in [-0.1, -0.05) is 0 Å². The Bertz CT molecular complexity index is 506. The molecule has 1 N–H and O–H groups in total. The van der Waals surface area contributed by atoms with Crippen LogP contribution in [0.25, 0.3) is 0 Å². The Morgan fingerprint density at radius 3 is 1.15 bits per heavy atom. The number of ether oxygens (including phenoxy) is 8. The molecule has 13 heteroatoms. The quantitative estimate of drug-likeness (QED) is 0.0924. The summed E-state index contributed by atoms with van der Waals surface area (Å²) in [4.78, 5) is 32.5. The first-order chi connectivity index (χ1) is 16.6. The third-order valence-corrected chi connectivity index (χ3v) is 3.74. The monoisotopic (exact) mass is 500 g/mol. The molecular formula is C21H37FO12. The van der Waals surface area contributed by atoms with Gasteiger partial charge in [0.2, 0.25) is 5.78 Å². The second-order valence-corrected chi connectivity index (χ2v) is 6.42. The summed E-state index contributed by atoms with van der Waals surface area (Å²) in [6.07, 6.45) is -0.659. The van der Waals surface area contributed by atoms with Crippen LogP contribution in [0.2, 0.25) is 0 Å². The second kappa shape index (κ2) is 25.9. The van der Waals surface area contributed by atoms with Gasteiger partial charge in [0, 0.05) is 6.42 Å². The zero-order valence-electron chi connectivity index (χ0n) is 19.5. The van der Waals surface area contributed by atoms with Crippen molar-refractivity contribution < 1.29 is 61.8 Å². The van der Waals surface area contributed by atoms with Crippen LogP contribution in [0.1, 0.15) is 12.8 Å². The number of carbonyl (C=O) groups excluding carboxylic acids is 2. The van der Waals surface area contributed by atoms with Crippen LogP contribution in [0.3, 0.4) is 0 Å². The standard InChI is InChI=1S/C21H37FO12/c22-3-4-27-5-6-28-7-8-29-9-10-30-11-12-31-13-14-32-15-16-33-17-18-34-20(24)2-1-19(23)21(25)26/h1-18H2,(H,25,26). The number of hydrogen-bond donors (Lipinski definition) is 1. The van der Waals surface area contributed by atoms with Crippen LogP contribution < -0.4 is 0 Å². The van der Waals surface area contributed by atoms with Crippen molar-refractivity contribution in [2.24, 2.45) is 0 Å². The lowest BCUT2D eigenvalue weighted by atomic mass is 10.2. The Kier molecular flexibility index (Phi) is 24.6. The number of rotatable bonds is 27. The molecule has 0 radical (unpaired) electrons. The van der Waals surface area contributed by atoms with Crippen molar-refractivity contribution >= 4 is 17.7 Å². The minimum atomic E-state index is -1.56. The van der Waals surface area contributed by atoms with Crippen LogP contribution in [0.15, 0.2) is 0 Å². The Labute approximate surface area is 198 Å². The molecule has 0 heterocycles. The molecule has 34 heavy (non-hydrogen) atoms. The van der Waals surface area contributed by atoms with E-state index in [4.69, 9.17) is 43.0 Å². The Hall–Kier alpha value is -1.74. The number of carboxylic acid groups (broad SMARTS) is 1. The number of esters is 1. The molecule has 0 aromatic rings. The molecule has 200 valence electrons. The van der Waals surface area contributed by atoms with Gasteiger partial charge in [0.25, 0.3) is 0 Å². The van der Waals surface area contributed by atoms with Gasteiger partial charge in [-0.25, -0.2) is 9.18 Å². The lowest BCUT2D eigenvalue weighted by Crippen LogP contribution is -2.17. The van der Waals surface area contributed by atoms with Gasteiger partial charge in [0.05, 0.1) is 98.9 Å². The van der Waals surface area contributed by atoms with Crippen LogP contribution >= 0.6 is 0 Å². The van der Waals surface area contributed by atoms with Gasteiger partial charge in [-0.3, -0.25) is 9.59 Å². The van der Waals surface area contributed by atoms with E-state index in [9.17, 15) is 18.8 Å². The maximum atomic E-state index is 11.8. The van der Waals surface area contributed by atoms with E-state index in [-0.39, 0.29) is 32.7 Å². The van der Waals surface area contributed by atoms with Crippen molar-refractivity contribution in [3.05, 3.63) is 0 Å². The highest BCUT2D eigenvalue weighted by molar-refractivity contribution is 6.32. The summed E-state index contributed by atoms with van der Waals surface area (Å²) in [6, 6.07) is 0. The Morgan fingerprint density at radius 2 is 0.824 bits per heavy atom. The summed E-state index contributed by atoms with van der Waals surface area (Å²) in [5, 5.41) is 8.40. The first kappa shape index (κ1) is 32.3. The number of alkyl halides is 1.